The smallest absolute Gasteiger partial charge is 0.338 e. The van der Waals surface area contributed by atoms with Crippen LogP contribution in [0.3, 0.4) is 0 Å². The van der Waals surface area contributed by atoms with Gasteiger partial charge in [0.1, 0.15) is 5.82 Å². The maximum absolute atomic E-state index is 11.7. The van der Waals surface area contributed by atoms with E-state index in [1.165, 1.54) is 0 Å². The van der Waals surface area contributed by atoms with Crippen molar-refractivity contribution >= 4 is 41.7 Å². The maximum Gasteiger partial charge on any atom is 0.338 e. The van der Waals surface area contributed by atoms with Crippen molar-refractivity contribution in [3.8, 4) is 0 Å². The highest BCUT2D eigenvalue weighted by molar-refractivity contribution is 14.0. The molecule has 0 spiro atoms. The Labute approximate surface area is 189 Å². The number of esters is 1. The Morgan fingerprint density at radius 1 is 1.14 bits per heavy atom. The third-order valence-corrected chi connectivity index (χ3v) is 4.68. The van der Waals surface area contributed by atoms with E-state index in [9.17, 15) is 4.79 Å². The monoisotopic (exact) mass is 509 g/mol. The van der Waals surface area contributed by atoms with Gasteiger partial charge in [0.25, 0.3) is 0 Å². The first kappa shape index (κ1) is 22.9. The van der Waals surface area contributed by atoms with Crippen LogP contribution in [-0.4, -0.2) is 61.6 Å². The van der Waals surface area contributed by atoms with E-state index >= 15 is 0 Å². The molecule has 0 amide bonds. The third-order valence-electron chi connectivity index (χ3n) is 4.68. The Kier molecular flexibility index (Phi) is 9.17. The van der Waals surface area contributed by atoms with E-state index in [-0.39, 0.29) is 29.9 Å². The number of anilines is 1. The standard InChI is InChI=1S/C21H27N5O2.HI/c1-3-28-20(27)18-9-7-17(8-10-18)16-24-21(22-2)26-14-12-25(13-15-26)19-6-4-5-11-23-19;/h4-11H,3,12-16H2,1-2H3,(H,22,24);1H. The highest BCUT2D eigenvalue weighted by atomic mass is 127. The second-order valence-electron chi connectivity index (χ2n) is 6.48. The Balaban J connectivity index is 0.00000300. The lowest BCUT2D eigenvalue weighted by Gasteiger charge is -2.37. The van der Waals surface area contributed by atoms with E-state index in [1.54, 1.807) is 26.1 Å². The SMILES string of the molecule is CCOC(=O)c1ccc(CNC(=NC)N2CCN(c3ccccn3)CC2)cc1.I. The lowest BCUT2D eigenvalue weighted by atomic mass is 10.1. The summed E-state index contributed by atoms with van der Waals surface area (Å²) in [5, 5.41) is 3.41. The van der Waals surface area contributed by atoms with Gasteiger partial charge in [0, 0.05) is 46.0 Å². The van der Waals surface area contributed by atoms with Crippen molar-refractivity contribution < 1.29 is 9.53 Å². The molecule has 0 saturated carbocycles. The van der Waals surface area contributed by atoms with Gasteiger partial charge in [-0.25, -0.2) is 9.78 Å². The fourth-order valence-corrected chi connectivity index (χ4v) is 3.17. The quantitative estimate of drug-likeness (QED) is 0.290. The molecule has 29 heavy (non-hydrogen) atoms. The van der Waals surface area contributed by atoms with E-state index in [4.69, 9.17) is 4.74 Å². The number of piperazine rings is 1. The molecule has 2 heterocycles. The molecule has 0 radical (unpaired) electrons. The minimum atomic E-state index is -0.288. The van der Waals surface area contributed by atoms with Gasteiger partial charge in [-0.2, -0.15) is 0 Å². The van der Waals surface area contributed by atoms with Crippen molar-refractivity contribution in [2.75, 3.05) is 44.7 Å². The Morgan fingerprint density at radius 2 is 1.86 bits per heavy atom. The summed E-state index contributed by atoms with van der Waals surface area (Å²) in [7, 11) is 1.80. The van der Waals surface area contributed by atoms with Gasteiger partial charge in [-0.3, -0.25) is 4.99 Å². The Hall–Kier alpha value is -2.36. The number of aromatic nitrogens is 1. The normalized spacial score (nSPS) is 14.2. The van der Waals surface area contributed by atoms with E-state index in [1.807, 2.05) is 36.5 Å². The van der Waals surface area contributed by atoms with Crippen LogP contribution in [0.4, 0.5) is 5.82 Å². The van der Waals surface area contributed by atoms with E-state index < -0.39 is 0 Å². The van der Waals surface area contributed by atoms with Crippen LogP contribution in [0.2, 0.25) is 0 Å². The molecule has 0 aliphatic carbocycles. The first-order valence-electron chi connectivity index (χ1n) is 9.59. The van der Waals surface area contributed by atoms with Crippen LogP contribution in [-0.2, 0) is 11.3 Å². The van der Waals surface area contributed by atoms with Crippen molar-refractivity contribution in [1.82, 2.24) is 15.2 Å². The van der Waals surface area contributed by atoms with E-state index in [2.05, 4.69) is 25.1 Å². The molecule has 1 saturated heterocycles. The zero-order chi connectivity index (χ0) is 19.8. The molecule has 2 aromatic rings. The van der Waals surface area contributed by atoms with Crippen LogP contribution in [0.15, 0.2) is 53.7 Å². The van der Waals surface area contributed by atoms with Crippen LogP contribution in [0, 0.1) is 0 Å². The molecule has 3 rings (SSSR count). The number of ether oxygens (including phenoxy) is 1. The molecule has 7 nitrogen and oxygen atoms in total. The number of pyridine rings is 1. The molecule has 1 N–H and O–H groups in total. The largest absolute Gasteiger partial charge is 0.462 e. The summed E-state index contributed by atoms with van der Waals surface area (Å²) < 4.78 is 5.01. The predicted octanol–water partition coefficient (Wildman–Crippen LogP) is 2.77. The number of hydrogen-bond donors (Lipinski definition) is 1. The Bertz CT molecular complexity index is 790. The first-order valence-corrected chi connectivity index (χ1v) is 9.59. The van der Waals surface area contributed by atoms with Crippen molar-refractivity contribution in [2.45, 2.75) is 13.5 Å². The van der Waals surface area contributed by atoms with Gasteiger partial charge in [-0.15, -0.1) is 24.0 Å². The first-order chi connectivity index (χ1) is 13.7. The number of carbonyl (C=O) groups is 1. The topological polar surface area (TPSA) is 70.1 Å². The van der Waals surface area contributed by atoms with Crippen molar-refractivity contribution in [3.63, 3.8) is 0 Å². The molecule has 0 atom stereocenters. The molecule has 1 aromatic heterocycles. The second-order valence-corrected chi connectivity index (χ2v) is 6.48. The van der Waals surface area contributed by atoms with Crippen molar-refractivity contribution in [1.29, 1.82) is 0 Å². The minimum absolute atomic E-state index is 0. The summed E-state index contributed by atoms with van der Waals surface area (Å²) >= 11 is 0. The second kappa shape index (κ2) is 11.6. The fraction of sp³-hybridized carbons (Fsp3) is 0.381. The van der Waals surface area contributed by atoms with Crippen molar-refractivity contribution in [2.24, 2.45) is 4.99 Å². The average molecular weight is 509 g/mol. The van der Waals surface area contributed by atoms with Crippen LogP contribution in [0.25, 0.3) is 0 Å². The fourth-order valence-electron chi connectivity index (χ4n) is 3.17. The van der Waals surface area contributed by atoms with Crippen LogP contribution < -0.4 is 10.2 Å². The average Bonchev–Trinajstić information content (AvgIpc) is 2.76. The maximum atomic E-state index is 11.7. The summed E-state index contributed by atoms with van der Waals surface area (Å²) in [6.45, 7) is 6.42. The van der Waals surface area contributed by atoms with Gasteiger partial charge in [0.15, 0.2) is 5.96 Å². The lowest BCUT2D eigenvalue weighted by Crippen LogP contribution is -2.52. The molecule has 0 bridgehead atoms. The minimum Gasteiger partial charge on any atom is -0.462 e. The van der Waals surface area contributed by atoms with Crippen LogP contribution in [0.5, 0.6) is 0 Å². The van der Waals surface area contributed by atoms with E-state index in [0.29, 0.717) is 18.7 Å². The molecule has 1 aliphatic heterocycles. The zero-order valence-corrected chi connectivity index (χ0v) is 19.2. The van der Waals surface area contributed by atoms with Gasteiger partial charge < -0.3 is 19.9 Å². The molecule has 156 valence electrons. The highest BCUT2D eigenvalue weighted by Crippen LogP contribution is 2.13. The van der Waals surface area contributed by atoms with Gasteiger partial charge in [0.05, 0.1) is 12.2 Å². The van der Waals surface area contributed by atoms with Crippen LogP contribution >= 0.6 is 24.0 Å². The highest BCUT2D eigenvalue weighted by Gasteiger charge is 2.20. The summed E-state index contributed by atoms with van der Waals surface area (Å²) in [6, 6.07) is 13.5. The summed E-state index contributed by atoms with van der Waals surface area (Å²) in [5.41, 5.74) is 1.65. The van der Waals surface area contributed by atoms with Crippen molar-refractivity contribution in [3.05, 3.63) is 59.8 Å². The summed E-state index contributed by atoms with van der Waals surface area (Å²) in [5.74, 6) is 1.62. The van der Waals surface area contributed by atoms with Gasteiger partial charge in [-0.05, 0) is 36.8 Å². The molecule has 8 heteroatoms. The summed E-state index contributed by atoms with van der Waals surface area (Å²) in [6.07, 6.45) is 1.83. The van der Waals surface area contributed by atoms with Gasteiger partial charge >= 0.3 is 5.97 Å². The summed E-state index contributed by atoms with van der Waals surface area (Å²) in [4.78, 5) is 25.1. The molecule has 0 unspecified atom stereocenters. The van der Waals surface area contributed by atoms with E-state index in [0.717, 1.165) is 43.5 Å². The number of nitrogens with zero attached hydrogens (tertiary/aromatic N) is 4. The number of halogens is 1. The number of guanidine groups is 1. The number of rotatable bonds is 5. The van der Waals surface area contributed by atoms with Gasteiger partial charge in [0.2, 0.25) is 0 Å². The predicted molar refractivity (Wildman–Crippen MR) is 126 cm³/mol. The Morgan fingerprint density at radius 3 is 2.45 bits per heavy atom. The third kappa shape index (κ3) is 6.31. The molecule has 1 fully saturated rings. The zero-order valence-electron chi connectivity index (χ0n) is 16.9. The van der Waals surface area contributed by atoms with Gasteiger partial charge in [-0.1, -0.05) is 18.2 Å². The number of aliphatic imine (C=N–C) groups is 1. The number of hydrogen-bond acceptors (Lipinski definition) is 5. The molecule has 1 aromatic carbocycles. The number of nitrogens with one attached hydrogen (secondary N) is 1. The number of carbonyl (C=O) groups excluding carboxylic acids is 1. The lowest BCUT2D eigenvalue weighted by molar-refractivity contribution is 0.0526. The molecular weight excluding hydrogens is 481 g/mol. The molecule has 1 aliphatic rings. The van der Waals surface area contributed by atoms with Crippen LogP contribution in [0.1, 0.15) is 22.8 Å². The number of benzene rings is 1. The molecular formula is C21H28IN5O2.